The van der Waals surface area contributed by atoms with Gasteiger partial charge in [-0.2, -0.15) is 4.98 Å². The number of hydrogen-bond donors (Lipinski definition) is 4. The van der Waals surface area contributed by atoms with Crippen LogP contribution in [0.1, 0.15) is 11.1 Å². The zero-order chi connectivity index (χ0) is 18.8. The third-order valence-corrected chi connectivity index (χ3v) is 4.10. The first-order valence-corrected chi connectivity index (χ1v) is 8.40. The van der Waals surface area contributed by atoms with Crippen molar-refractivity contribution in [2.75, 3.05) is 10.6 Å². The molecular weight excluding hydrogens is 344 g/mol. The number of aryl methyl sites for hydroxylation is 1. The minimum Gasteiger partial charge on any atom is -0.408 e. The highest BCUT2D eigenvalue weighted by molar-refractivity contribution is 5.78. The van der Waals surface area contributed by atoms with Gasteiger partial charge in [0.25, 0.3) is 0 Å². The summed E-state index contributed by atoms with van der Waals surface area (Å²) >= 11 is 0. The topological polar surface area (TPSA) is 122 Å². The molecule has 0 spiro atoms. The monoisotopic (exact) mass is 362 g/mol. The van der Waals surface area contributed by atoms with E-state index in [0.717, 1.165) is 22.5 Å². The van der Waals surface area contributed by atoms with Gasteiger partial charge in [0.15, 0.2) is 5.58 Å². The number of hydrogen-bond acceptors (Lipinski definition) is 7. The number of H-pyrrole nitrogens is 1. The quantitative estimate of drug-likeness (QED) is 0.430. The number of benzene rings is 2. The molecule has 0 aliphatic heterocycles. The minimum atomic E-state index is -0.479. The SMILES string of the molecule is Cc1cnc(Nc2ccc(CN)cc2)nc1Nc1ccc2oc(=O)[nH]c2c1. The second kappa shape index (κ2) is 6.93. The Morgan fingerprint density at radius 2 is 1.89 bits per heavy atom. The number of rotatable bonds is 5. The highest BCUT2D eigenvalue weighted by Crippen LogP contribution is 2.23. The molecule has 0 aliphatic carbocycles. The van der Waals surface area contributed by atoms with E-state index in [2.05, 4.69) is 25.6 Å². The molecule has 4 rings (SSSR count). The van der Waals surface area contributed by atoms with Gasteiger partial charge in [-0.1, -0.05) is 12.1 Å². The van der Waals surface area contributed by atoms with Gasteiger partial charge < -0.3 is 20.8 Å². The van der Waals surface area contributed by atoms with Crippen LogP contribution in [0.5, 0.6) is 0 Å². The van der Waals surface area contributed by atoms with Crippen LogP contribution in [0.15, 0.2) is 57.9 Å². The number of nitrogens with two attached hydrogens (primary N) is 1. The van der Waals surface area contributed by atoms with Crippen LogP contribution in [0.2, 0.25) is 0 Å². The van der Waals surface area contributed by atoms with E-state index in [0.29, 0.717) is 29.4 Å². The van der Waals surface area contributed by atoms with Gasteiger partial charge in [-0.05, 0) is 42.8 Å². The van der Waals surface area contributed by atoms with Crippen LogP contribution in [-0.2, 0) is 6.54 Å². The molecule has 27 heavy (non-hydrogen) atoms. The lowest BCUT2D eigenvalue weighted by molar-refractivity contribution is 0.555. The molecule has 4 aromatic rings. The molecule has 5 N–H and O–H groups in total. The fraction of sp³-hybridized carbons (Fsp3) is 0.105. The van der Waals surface area contributed by atoms with E-state index in [9.17, 15) is 4.79 Å². The van der Waals surface area contributed by atoms with Crippen molar-refractivity contribution in [2.24, 2.45) is 5.73 Å². The molecule has 0 saturated carbocycles. The Morgan fingerprint density at radius 3 is 2.67 bits per heavy atom. The van der Waals surface area contributed by atoms with Crippen molar-refractivity contribution in [1.82, 2.24) is 15.0 Å². The van der Waals surface area contributed by atoms with Gasteiger partial charge in [0.1, 0.15) is 5.82 Å². The first kappa shape index (κ1) is 16.8. The van der Waals surface area contributed by atoms with Crippen molar-refractivity contribution in [1.29, 1.82) is 0 Å². The Balaban J connectivity index is 1.58. The fourth-order valence-electron chi connectivity index (χ4n) is 2.65. The minimum absolute atomic E-state index is 0.474. The summed E-state index contributed by atoms with van der Waals surface area (Å²) in [6, 6.07) is 13.1. The first-order valence-electron chi connectivity index (χ1n) is 8.40. The lowest BCUT2D eigenvalue weighted by Crippen LogP contribution is -2.03. The summed E-state index contributed by atoms with van der Waals surface area (Å²) in [5.74, 6) is 0.658. The normalized spacial score (nSPS) is 10.9. The van der Waals surface area contributed by atoms with E-state index < -0.39 is 5.76 Å². The molecule has 136 valence electrons. The van der Waals surface area contributed by atoms with Crippen LogP contribution in [0, 0.1) is 6.92 Å². The molecule has 0 saturated heterocycles. The largest absolute Gasteiger partial charge is 0.417 e. The maximum atomic E-state index is 11.3. The number of aromatic amines is 1. The lowest BCUT2D eigenvalue weighted by Gasteiger charge is -2.11. The van der Waals surface area contributed by atoms with Crippen molar-refractivity contribution in [2.45, 2.75) is 13.5 Å². The smallest absolute Gasteiger partial charge is 0.408 e. The molecule has 0 atom stereocenters. The summed E-state index contributed by atoms with van der Waals surface area (Å²) in [7, 11) is 0. The van der Waals surface area contributed by atoms with E-state index in [1.165, 1.54) is 0 Å². The molecular formula is C19H18N6O2. The van der Waals surface area contributed by atoms with Gasteiger partial charge in [-0.3, -0.25) is 4.98 Å². The van der Waals surface area contributed by atoms with Crippen molar-refractivity contribution < 1.29 is 4.42 Å². The Morgan fingerprint density at radius 1 is 1.11 bits per heavy atom. The molecule has 0 amide bonds. The second-order valence-electron chi connectivity index (χ2n) is 6.10. The Labute approximate surface area is 154 Å². The van der Waals surface area contributed by atoms with Gasteiger partial charge in [0.05, 0.1) is 5.52 Å². The van der Waals surface area contributed by atoms with E-state index in [-0.39, 0.29) is 0 Å². The van der Waals surface area contributed by atoms with Crippen LogP contribution >= 0.6 is 0 Å². The summed E-state index contributed by atoms with van der Waals surface area (Å²) in [4.78, 5) is 22.8. The molecule has 0 radical (unpaired) electrons. The number of fused-ring (bicyclic) bond motifs is 1. The van der Waals surface area contributed by atoms with Crippen molar-refractivity contribution >= 4 is 34.2 Å². The average molecular weight is 362 g/mol. The Kier molecular flexibility index (Phi) is 4.31. The fourth-order valence-corrected chi connectivity index (χ4v) is 2.65. The number of anilines is 4. The van der Waals surface area contributed by atoms with E-state index >= 15 is 0 Å². The molecule has 2 heterocycles. The molecule has 2 aromatic heterocycles. The number of nitrogens with one attached hydrogen (secondary N) is 3. The number of oxazole rings is 1. The molecule has 0 aliphatic rings. The standard InChI is InChI=1S/C19H18N6O2/c1-11-10-21-18(23-13-4-2-12(9-20)3-5-13)25-17(11)22-14-6-7-16-15(8-14)24-19(26)27-16/h2-8,10H,9,20H2,1H3,(H,24,26)(H2,21,22,23,25). The Hall–Kier alpha value is -3.65. The molecule has 0 unspecified atom stereocenters. The predicted octanol–water partition coefficient (Wildman–Crippen LogP) is 3.17. The maximum absolute atomic E-state index is 11.3. The van der Waals surface area contributed by atoms with Crippen LogP contribution in [0.3, 0.4) is 0 Å². The molecule has 8 nitrogen and oxygen atoms in total. The number of nitrogens with zero attached hydrogens (tertiary/aromatic N) is 2. The third-order valence-electron chi connectivity index (χ3n) is 4.10. The van der Waals surface area contributed by atoms with Crippen LogP contribution in [-0.4, -0.2) is 15.0 Å². The van der Waals surface area contributed by atoms with Gasteiger partial charge in [0.2, 0.25) is 5.95 Å². The Bertz CT molecular complexity index is 1150. The van der Waals surface area contributed by atoms with Gasteiger partial charge in [-0.25, -0.2) is 9.78 Å². The maximum Gasteiger partial charge on any atom is 0.417 e. The summed E-state index contributed by atoms with van der Waals surface area (Å²) < 4.78 is 5.02. The molecule has 0 bridgehead atoms. The number of aromatic nitrogens is 3. The van der Waals surface area contributed by atoms with Crippen LogP contribution in [0.4, 0.5) is 23.1 Å². The van der Waals surface area contributed by atoms with E-state index in [1.807, 2.05) is 37.3 Å². The second-order valence-corrected chi connectivity index (χ2v) is 6.10. The molecule has 0 fully saturated rings. The average Bonchev–Trinajstić information content (AvgIpc) is 3.04. The first-order chi connectivity index (χ1) is 13.1. The summed E-state index contributed by atoms with van der Waals surface area (Å²) in [5, 5.41) is 6.42. The highest BCUT2D eigenvalue weighted by Gasteiger charge is 2.07. The molecule has 8 heteroatoms. The summed E-state index contributed by atoms with van der Waals surface area (Å²) in [5.41, 5.74) is 10.3. The predicted molar refractivity (Wildman–Crippen MR) is 105 cm³/mol. The van der Waals surface area contributed by atoms with Gasteiger partial charge >= 0.3 is 5.76 Å². The van der Waals surface area contributed by atoms with E-state index in [4.69, 9.17) is 10.2 Å². The highest BCUT2D eigenvalue weighted by atomic mass is 16.4. The third kappa shape index (κ3) is 3.65. The van der Waals surface area contributed by atoms with Gasteiger partial charge in [0, 0.05) is 29.7 Å². The molecule has 2 aromatic carbocycles. The van der Waals surface area contributed by atoms with Crippen LogP contribution in [0.25, 0.3) is 11.1 Å². The summed E-state index contributed by atoms with van der Waals surface area (Å²) in [6.45, 7) is 2.42. The van der Waals surface area contributed by atoms with Gasteiger partial charge in [-0.15, -0.1) is 0 Å². The van der Waals surface area contributed by atoms with E-state index in [1.54, 1.807) is 18.3 Å². The van der Waals surface area contributed by atoms with Crippen molar-refractivity contribution in [3.05, 3.63) is 70.3 Å². The van der Waals surface area contributed by atoms with Crippen molar-refractivity contribution in [3.63, 3.8) is 0 Å². The summed E-state index contributed by atoms with van der Waals surface area (Å²) in [6.07, 6.45) is 1.74. The van der Waals surface area contributed by atoms with Crippen molar-refractivity contribution in [3.8, 4) is 0 Å². The van der Waals surface area contributed by atoms with Crippen LogP contribution < -0.4 is 22.1 Å². The zero-order valence-corrected chi connectivity index (χ0v) is 14.6. The lowest BCUT2D eigenvalue weighted by atomic mass is 10.2. The zero-order valence-electron chi connectivity index (χ0n) is 14.6.